The maximum absolute atomic E-state index is 13.3. The van der Waals surface area contributed by atoms with Crippen molar-refractivity contribution in [2.75, 3.05) is 13.1 Å². The zero-order valence-electron chi connectivity index (χ0n) is 16.2. The van der Waals surface area contributed by atoms with Crippen LogP contribution in [-0.4, -0.2) is 28.9 Å². The Morgan fingerprint density at radius 1 is 1.21 bits per heavy atom. The summed E-state index contributed by atoms with van der Waals surface area (Å²) in [4.78, 5) is 20.5. The van der Waals surface area contributed by atoms with E-state index in [9.17, 15) is 9.18 Å². The van der Waals surface area contributed by atoms with Gasteiger partial charge in [-0.3, -0.25) is 14.7 Å². The highest BCUT2D eigenvalue weighted by Crippen LogP contribution is 2.28. The second-order valence-electron chi connectivity index (χ2n) is 7.29. The number of likely N-dealkylation sites (N-methyl/N-ethyl adjacent to an activating group) is 1. The highest BCUT2D eigenvalue weighted by atomic mass is 19.1. The molecule has 4 nitrogen and oxygen atoms in total. The minimum Gasteiger partial charge on any atom is -0.345 e. The topological polar surface area (TPSA) is 45.2 Å². The van der Waals surface area contributed by atoms with Gasteiger partial charge in [0.2, 0.25) is 0 Å². The van der Waals surface area contributed by atoms with Crippen LogP contribution in [0.1, 0.15) is 47.1 Å². The molecule has 2 heterocycles. The van der Waals surface area contributed by atoms with Crippen LogP contribution >= 0.6 is 0 Å². The molecule has 144 valence electrons. The Hall–Kier alpha value is -2.79. The van der Waals surface area contributed by atoms with Crippen LogP contribution in [-0.2, 0) is 13.0 Å². The molecule has 4 rings (SSSR count). The summed E-state index contributed by atoms with van der Waals surface area (Å²) in [6, 6.07) is 13.8. The monoisotopic (exact) mass is 377 g/mol. The van der Waals surface area contributed by atoms with E-state index in [0.717, 1.165) is 53.8 Å². The smallest absolute Gasteiger partial charge is 0.252 e. The van der Waals surface area contributed by atoms with Gasteiger partial charge in [0.1, 0.15) is 5.82 Å². The highest BCUT2D eigenvalue weighted by Gasteiger charge is 2.26. The molecule has 1 atom stereocenters. The van der Waals surface area contributed by atoms with Gasteiger partial charge >= 0.3 is 0 Å². The first-order valence-electron chi connectivity index (χ1n) is 9.76. The molecule has 1 aromatic heterocycles. The number of halogens is 1. The molecule has 0 bridgehead atoms. The van der Waals surface area contributed by atoms with Crippen LogP contribution in [0.5, 0.6) is 0 Å². The van der Waals surface area contributed by atoms with Crippen molar-refractivity contribution in [3.8, 4) is 0 Å². The van der Waals surface area contributed by atoms with Crippen LogP contribution in [0, 0.1) is 5.82 Å². The third-order valence-corrected chi connectivity index (χ3v) is 5.52. The number of nitrogens with one attached hydrogen (secondary N) is 1. The normalized spacial score (nSPS) is 15.2. The van der Waals surface area contributed by atoms with E-state index in [2.05, 4.69) is 17.1 Å². The number of fused-ring (bicyclic) bond motifs is 2. The number of rotatable bonds is 4. The minimum absolute atomic E-state index is 0.107. The van der Waals surface area contributed by atoms with Gasteiger partial charge in [0.05, 0.1) is 17.1 Å². The van der Waals surface area contributed by atoms with Crippen molar-refractivity contribution in [2.24, 2.45) is 0 Å². The molecule has 2 aromatic carbocycles. The first-order valence-corrected chi connectivity index (χ1v) is 9.76. The third kappa shape index (κ3) is 3.50. The predicted octanol–water partition coefficient (Wildman–Crippen LogP) is 4.24. The third-order valence-electron chi connectivity index (χ3n) is 5.52. The summed E-state index contributed by atoms with van der Waals surface area (Å²) in [5, 5.41) is 3.98. The van der Waals surface area contributed by atoms with Crippen molar-refractivity contribution in [3.05, 3.63) is 76.7 Å². The Morgan fingerprint density at radius 3 is 2.71 bits per heavy atom. The molecule has 1 unspecified atom stereocenters. The van der Waals surface area contributed by atoms with E-state index in [1.54, 1.807) is 12.1 Å². The van der Waals surface area contributed by atoms with Gasteiger partial charge in [-0.05, 0) is 37.2 Å². The number of pyridine rings is 1. The molecule has 1 aliphatic rings. The number of carbonyl (C=O) groups is 1. The van der Waals surface area contributed by atoms with Gasteiger partial charge in [-0.25, -0.2) is 4.39 Å². The van der Waals surface area contributed by atoms with Crippen molar-refractivity contribution >= 4 is 16.8 Å². The molecule has 0 fully saturated rings. The summed E-state index contributed by atoms with van der Waals surface area (Å²) in [6.07, 6.45) is 0.849. The van der Waals surface area contributed by atoms with Gasteiger partial charge in [-0.1, -0.05) is 37.3 Å². The molecule has 28 heavy (non-hydrogen) atoms. The van der Waals surface area contributed by atoms with Crippen molar-refractivity contribution in [2.45, 2.75) is 32.9 Å². The number of hydrogen-bond donors (Lipinski definition) is 1. The zero-order chi connectivity index (χ0) is 19.7. The molecular formula is C23H24FN3O. The number of hydrogen-bond acceptors (Lipinski definition) is 3. The molecular weight excluding hydrogens is 353 g/mol. The molecule has 1 amide bonds. The lowest BCUT2D eigenvalue weighted by atomic mass is 9.94. The summed E-state index contributed by atoms with van der Waals surface area (Å²) in [5.74, 6) is -0.388. The SMILES string of the molecule is CCN1CCc2nc3ccccc3c(C(=O)NC(C)c3ccc(F)cc3)c2C1. The molecule has 0 spiro atoms. The van der Waals surface area contributed by atoms with Gasteiger partial charge in [-0.2, -0.15) is 0 Å². The van der Waals surface area contributed by atoms with Gasteiger partial charge in [-0.15, -0.1) is 0 Å². The van der Waals surface area contributed by atoms with E-state index in [0.29, 0.717) is 5.56 Å². The molecule has 0 saturated heterocycles. The Morgan fingerprint density at radius 2 is 1.96 bits per heavy atom. The highest BCUT2D eigenvalue weighted by molar-refractivity contribution is 6.07. The summed E-state index contributed by atoms with van der Waals surface area (Å²) >= 11 is 0. The molecule has 0 radical (unpaired) electrons. The van der Waals surface area contributed by atoms with Crippen molar-refractivity contribution in [1.82, 2.24) is 15.2 Å². The zero-order valence-corrected chi connectivity index (χ0v) is 16.2. The molecule has 3 aromatic rings. The van der Waals surface area contributed by atoms with E-state index in [1.165, 1.54) is 12.1 Å². The Balaban J connectivity index is 1.74. The minimum atomic E-state index is -0.281. The lowest BCUT2D eigenvalue weighted by Crippen LogP contribution is -2.34. The molecule has 1 aliphatic heterocycles. The van der Waals surface area contributed by atoms with Crippen molar-refractivity contribution in [1.29, 1.82) is 0 Å². The van der Waals surface area contributed by atoms with E-state index in [1.807, 2.05) is 31.2 Å². The second-order valence-corrected chi connectivity index (χ2v) is 7.29. The van der Waals surface area contributed by atoms with Crippen molar-refractivity contribution < 1.29 is 9.18 Å². The Kier molecular flexibility index (Phi) is 5.09. The van der Waals surface area contributed by atoms with Gasteiger partial charge in [0.15, 0.2) is 0 Å². The summed E-state index contributed by atoms with van der Waals surface area (Å²) < 4.78 is 13.2. The van der Waals surface area contributed by atoms with Gasteiger partial charge < -0.3 is 5.32 Å². The number of amides is 1. The second kappa shape index (κ2) is 7.68. The first kappa shape index (κ1) is 18.6. The quantitative estimate of drug-likeness (QED) is 0.740. The standard InChI is InChI=1S/C23H24FN3O/c1-3-27-13-12-21-19(14-27)22(18-6-4-5-7-20(18)26-21)23(28)25-15(2)16-8-10-17(24)11-9-16/h4-11,15H,3,12-14H2,1-2H3,(H,25,28). The fraction of sp³-hybridized carbons (Fsp3) is 0.304. The number of para-hydroxylation sites is 1. The number of carbonyl (C=O) groups excluding carboxylic acids is 1. The number of aromatic nitrogens is 1. The molecule has 5 heteroatoms. The average molecular weight is 377 g/mol. The predicted molar refractivity (Wildman–Crippen MR) is 109 cm³/mol. The van der Waals surface area contributed by atoms with E-state index in [-0.39, 0.29) is 17.8 Å². The summed E-state index contributed by atoms with van der Waals surface area (Å²) in [6.45, 7) is 6.69. The largest absolute Gasteiger partial charge is 0.345 e. The summed E-state index contributed by atoms with van der Waals surface area (Å²) in [5.41, 5.74) is 4.48. The van der Waals surface area contributed by atoms with Crippen LogP contribution in [0.3, 0.4) is 0 Å². The van der Waals surface area contributed by atoms with Gasteiger partial charge in [0, 0.05) is 36.2 Å². The molecule has 0 aliphatic carbocycles. The first-order chi connectivity index (χ1) is 13.6. The fourth-order valence-electron chi connectivity index (χ4n) is 3.88. The molecule has 0 saturated carbocycles. The Bertz CT molecular complexity index is 1020. The molecule has 1 N–H and O–H groups in total. The fourth-order valence-corrected chi connectivity index (χ4v) is 3.88. The van der Waals surface area contributed by atoms with Crippen LogP contribution in [0.15, 0.2) is 48.5 Å². The van der Waals surface area contributed by atoms with Gasteiger partial charge in [0.25, 0.3) is 5.91 Å². The van der Waals surface area contributed by atoms with Crippen LogP contribution in [0.4, 0.5) is 4.39 Å². The van der Waals surface area contributed by atoms with Crippen LogP contribution in [0.25, 0.3) is 10.9 Å². The van der Waals surface area contributed by atoms with E-state index < -0.39 is 0 Å². The number of benzene rings is 2. The Labute approximate surface area is 164 Å². The van der Waals surface area contributed by atoms with E-state index in [4.69, 9.17) is 4.98 Å². The lowest BCUT2D eigenvalue weighted by Gasteiger charge is -2.29. The maximum Gasteiger partial charge on any atom is 0.252 e. The van der Waals surface area contributed by atoms with Crippen molar-refractivity contribution in [3.63, 3.8) is 0 Å². The van der Waals surface area contributed by atoms with Crippen LogP contribution in [0.2, 0.25) is 0 Å². The summed E-state index contributed by atoms with van der Waals surface area (Å²) in [7, 11) is 0. The average Bonchev–Trinajstić information content (AvgIpc) is 2.71. The number of nitrogens with zero attached hydrogens (tertiary/aromatic N) is 2. The van der Waals surface area contributed by atoms with E-state index >= 15 is 0 Å². The maximum atomic E-state index is 13.3. The van der Waals surface area contributed by atoms with Crippen LogP contribution < -0.4 is 5.32 Å². The lowest BCUT2D eigenvalue weighted by molar-refractivity contribution is 0.0938.